The van der Waals surface area contributed by atoms with Crippen molar-refractivity contribution in [2.75, 3.05) is 25.5 Å². The molecule has 32 heavy (non-hydrogen) atoms. The number of carbonyl (C=O) groups is 2. The van der Waals surface area contributed by atoms with Gasteiger partial charge >= 0.3 is 13.6 Å². The summed E-state index contributed by atoms with van der Waals surface area (Å²) in [5.41, 5.74) is 6.71. The van der Waals surface area contributed by atoms with Crippen molar-refractivity contribution in [1.29, 1.82) is 0 Å². The smallest absolute Gasteiger partial charge is 0.328 e. The monoisotopic (exact) mass is 486 g/mol. The van der Waals surface area contributed by atoms with E-state index in [1.807, 2.05) is 36.6 Å². The highest BCUT2D eigenvalue weighted by atomic mass is 32.2. The second-order valence-corrected chi connectivity index (χ2v) is 11.2. The van der Waals surface area contributed by atoms with Crippen molar-refractivity contribution in [2.24, 2.45) is 5.73 Å². The molecule has 1 amide bonds. The van der Waals surface area contributed by atoms with Crippen LogP contribution in [0.25, 0.3) is 0 Å². The van der Waals surface area contributed by atoms with E-state index in [2.05, 4.69) is 0 Å². The van der Waals surface area contributed by atoms with E-state index in [1.165, 1.54) is 16.7 Å². The maximum Gasteiger partial charge on any atom is 0.328 e. The highest BCUT2D eigenvalue weighted by Gasteiger charge is 2.43. The molecule has 0 aromatic heterocycles. The van der Waals surface area contributed by atoms with E-state index < -0.39 is 31.6 Å². The Morgan fingerprint density at radius 3 is 2.59 bits per heavy atom. The number of likely N-dealkylation sites (tertiary alicyclic amines) is 1. The van der Waals surface area contributed by atoms with Gasteiger partial charge < -0.3 is 20.6 Å². The Labute approximate surface area is 194 Å². The van der Waals surface area contributed by atoms with Crippen LogP contribution in [0.4, 0.5) is 0 Å². The number of benzene rings is 1. The summed E-state index contributed by atoms with van der Waals surface area (Å²) in [6.07, 6.45) is 4.49. The Hall–Kier alpha value is -1.38. The highest BCUT2D eigenvalue weighted by molar-refractivity contribution is 7.99. The van der Waals surface area contributed by atoms with E-state index in [4.69, 9.17) is 10.3 Å². The number of thioether (sulfide) groups is 1. The Balaban J connectivity index is 1.99. The van der Waals surface area contributed by atoms with Crippen molar-refractivity contribution in [2.45, 2.75) is 62.3 Å². The number of nitrogens with two attached hydrogens (primary N) is 1. The number of aliphatic carboxylic acids is 1. The van der Waals surface area contributed by atoms with Crippen molar-refractivity contribution < 1.29 is 28.7 Å². The van der Waals surface area contributed by atoms with Gasteiger partial charge in [0.15, 0.2) is 0 Å². The van der Waals surface area contributed by atoms with E-state index in [9.17, 15) is 24.2 Å². The quantitative estimate of drug-likeness (QED) is 0.270. The fourth-order valence-electron chi connectivity index (χ4n) is 3.86. The summed E-state index contributed by atoms with van der Waals surface area (Å²) in [4.78, 5) is 36.6. The van der Waals surface area contributed by atoms with Gasteiger partial charge in [0.1, 0.15) is 12.1 Å². The molecular formula is C22H35N2O6PS. The molecule has 10 heteroatoms. The van der Waals surface area contributed by atoms with Crippen molar-refractivity contribution in [1.82, 2.24) is 4.90 Å². The predicted molar refractivity (Wildman–Crippen MR) is 127 cm³/mol. The molecule has 1 unspecified atom stereocenters. The minimum atomic E-state index is -4.01. The third-order valence-corrected chi connectivity index (χ3v) is 8.12. The van der Waals surface area contributed by atoms with Crippen LogP contribution in [-0.4, -0.2) is 69.7 Å². The number of carboxylic acids is 1. The fourth-order valence-corrected chi connectivity index (χ4v) is 5.87. The standard InChI is InChI=1S/C22H35N2O6PS/c1-32-18-15-19(22(26)27)24(16-18)21(25)20(12-5-7-13-23)30-31(28,29)14-8-6-11-17-9-3-2-4-10-17/h2-4,9-10,18-20H,5-8,11-16,23H2,1H3,(H,26,27)(H,28,29)/t18-,19+,20+/m1/s1. The minimum absolute atomic E-state index is 0.0173. The van der Waals surface area contributed by atoms with Gasteiger partial charge in [0.2, 0.25) is 0 Å². The largest absolute Gasteiger partial charge is 0.480 e. The van der Waals surface area contributed by atoms with E-state index >= 15 is 0 Å². The van der Waals surface area contributed by atoms with Crippen LogP contribution in [0.15, 0.2) is 30.3 Å². The van der Waals surface area contributed by atoms with Crippen molar-refractivity contribution in [3.63, 3.8) is 0 Å². The lowest BCUT2D eigenvalue weighted by Crippen LogP contribution is -2.46. The highest BCUT2D eigenvalue weighted by Crippen LogP contribution is 2.45. The lowest BCUT2D eigenvalue weighted by molar-refractivity contribution is -0.151. The summed E-state index contributed by atoms with van der Waals surface area (Å²) in [5, 5.41) is 9.56. The zero-order valence-electron chi connectivity index (χ0n) is 18.6. The number of unbranched alkanes of at least 4 members (excludes halogenated alkanes) is 2. The average molecular weight is 487 g/mol. The van der Waals surface area contributed by atoms with Crippen LogP contribution < -0.4 is 5.73 Å². The number of carbonyl (C=O) groups excluding carboxylic acids is 1. The van der Waals surface area contributed by atoms with Crippen LogP contribution in [0.3, 0.4) is 0 Å². The molecule has 8 nitrogen and oxygen atoms in total. The number of aryl methyl sites for hydroxylation is 1. The fraction of sp³-hybridized carbons (Fsp3) is 0.636. The molecule has 180 valence electrons. The van der Waals surface area contributed by atoms with E-state index in [-0.39, 0.29) is 17.8 Å². The van der Waals surface area contributed by atoms with Crippen molar-refractivity contribution >= 4 is 31.2 Å². The molecule has 0 spiro atoms. The third-order valence-electron chi connectivity index (χ3n) is 5.65. The maximum atomic E-state index is 13.2. The topological polar surface area (TPSA) is 130 Å². The summed E-state index contributed by atoms with van der Waals surface area (Å²) < 4.78 is 18.2. The molecule has 1 aromatic carbocycles. The Morgan fingerprint density at radius 1 is 1.25 bits per heavy atom. The molecule has 1 heterocycles. The molecule has 2 rings (SSSR count). The number of hydrogen-bond acceptors (Lipinski definition) is 6. The number of rotatable bonds is 14. The van der Waals surface area contributed by atoms with Gasteiger partial charge in [-0.3, -0.25) is 13.9 Å². The van der Waals surface area contributed by atoms with Gasteiger partial charge in [0, 0.05) is 11.8 Å². The number of amides is 1. The summed E-state index contributed by atoms with van der Waals surface area (Å²) in [6.45, 7) is 0.730. The molecule has 1 aliphatic rings. The van der Waals surface area contributed by atoms with Crippen LogP contribution >= 0.6 is 19.4 Å². The summed E-state index contributed by atoms with van der Waals surface area (Å²) in [5.74, 6) is -1.59. The molecule has 1 saturated heterocycles. The first-order valence-corrected chi connectivity index (χ1v) is 14.1. The zero-order valence-corrected chi connectivity index (χ0v) is 20.3. The Kier molecular flexibility index (Phi) is 11.2. The maximum absolute atomic E-state index is 13.2. The minimum Gasteiger partial charge on any atom is -0.480 e. The normalized spacial score (nSPS) is 21.3. The predicted octanol–water partition coefficient (Wildman–Crippen LogP) is 3.13. The average Bonchev–Trinajstić information content (AvgIpc) is 3.21. The first-order chi connectivity index (χ1) is 15.3. The number of hydrogen-bond donors (Lipinski definition) is 3. The SMILES string of the molecule is CS[C@@H]1C[C@@H](C(=O)O)N(C(=O)[C@H](CCCCN)OP(=O)(O)CCCCc2ccccc2)C1. The van der Waals surface area contributed by atoms with Gasteiger partial charge in [-0.1, -0.05) is 30.3 Å². The first kappa shape index (κ1) is 26.9. The molecule has 1 aromatic rings. The molecule has 4 atom stereocenters. The van der Waals surface area contributed by atoms with Gasteiger partial charge in [0.05, 0.1) is 6.16 Å². The third kappa shape index (κ3) is 8.52. The van der Waals surface area contributed by atoms with Gasteiger partial charge in [0.25, 0.3) is 5.91 Å². The van der Waals surface area contributed by atoms with Gasteiger partial charge in [-0.25, -0.2) is 4.79 Å². The Bertz CT molecular complexity index is 781. The number of nitrogens with zero attached hydrogens (tertiary/aromatic N) is 1. The van der Waals surface area contributed by atoms with E-state index in [0.29, 0.717) is 38.8 Å². The molecule has 1 aliphatic heterocycles. The van der Waals surface area contributed by atoms with Crippen molar-refractivity contribution in [3.8, 4) is 0 Å². The number of carboxylic acid groups (broad SMARTS) is 1. The lowest BCUT2D eigenvalue weighted by Gasteiger charge is -2.28. The van der Waals surface area contributed by atoms with Crippen LogP contribution in [0.2, 0.25) is 0 Å². The second kappa shape index (κ2) is 13.4. The molecular weight excluding hydrogens is 451 g/mol. The summed E-state index contributed by atoms with van der Waals surface area (Å²) >= 11 is 1.51. The molecule has 4 N–H and O–H groups in total. The van der Waals surface area contributed by atoms with Crippen LogP contribution in [-0.2, 0) is 25.1 Å². The summed E-state index contributed by atoms with van der Waals surface area (Å²) in [6, 6.07) is 8.94. The molecule has 0 saturated carbocycles. The van der Waals surface area contributed by atoms with Gasteiger partial charge in [-0.05, 0) is 63.3 Å². The Morgan fingerprint density at radius 2 is 1.97 bits per heavy atom. The first-order valence-electron chi connectivity index (χ1n) is 11.1. The van der Waals surface area contributed by atoms with Gasteiger partial charge in [-0.15, -0.1) is 0 Å². The van der Waals surface area contributed by atoms with Crippen LogP contribution in [0.1, 0.15) is 44.1 Å². The molecule has 0 radical (unpaired) electrons. The van der Waals surface area contributed by atoms with Gasteiger partial charge in [-0.2, -0.15) is 11.8 Å². The lowest BCUT2D eigenvalue weighted by atomic mass is 10.1. The summed E-state index contributed by atoms with van der Waals surface area (Å²) in [7, 11) is -4.01. The van der Waals surface area contributed by atoms with E-state index in [0.717, 1.165) is 18.4 Å². The molecule has 0 bridgehead atoms. The van der Waals surface area contributed by atoms with E-state index in [1.54, 1.807) is 0 Å². The second-order valence-electron chi connectivity index (χ2n) is 8.12. The molecule has 0 aliphatic carbocycles. The van der Waals surface area contributed by atoms with Crippen LogP contribution in [0.5, 0.6) is 0 Å². The molecule has 1 fully saturated rings. The zero-order chi connectivity index (χ0) is 23.6. The van der Waals surface area contributed by atoms with Crippen molar-refractivity contribution in [3.05, 3.63) is 35.9 Å². The van der Waals surface area contributed by atoms with Crippen LogP contribution in [0, 0.1) is 0 Å².